The van der Waals surface area contributed by atoms with Gasteiger partial charge in [0.05, 0.1) is 24.8 Å². The number of esters is 1. The third kappa shape index (κ3) is 6.49. The highest BCUT2D eigenvalue weighted by molar-refractivity contribution is 7.80. The van der Waals surface area contributed by atoms with E-state index in [0.29, 0.717) is 29.6 Å². The number of nitrogens with one attached hydrogen (secondary N) is 2. The summed E-state index contributed by atoms with van der Waals surface area (Å²) in [5.74, 6) is 0.431. The smallest absolute Gasteiger partial charge is 0.338 e. The molecule has 0 fully saturated rings. The fraction of sp³-hybridized carbons (Fsp3) is 0.524. The molecule has 1 heterocycles. The first-order chi connectivity index (χ1) is 13.6. The van der Waals surface area contributed by atoms with E-state index in [1.807, 2.05) is 31.2 Å². The van der Waals surface area contributed by atoms with E-state index < -0.39 is 5.97 Å². The van der Waals surface area contributed by atoms with Crippen molar-refractivity contribution in [2.24, 2.45) is 0 Å². The number of unbranched alkanes of at least 4 members (excludes halogenated alkanes) is 3. The van der Waals surface area contributed by atoms with Crippen LogP contribution in [-0.2, 0) is 14.3 Å². The number of hydrogen-bond acceptors (Lipinski definition) is 5. The topological polar surface area (TPSA) is 68.8 Å². The van der Waals surface area contributed by atoms with Gasteiger partial charge in [-0.05, 0) is 43.3 Å². The molecule has 0 saturated carbocycles. The number of benzene rings is 1. The van der Waals surface area contributed by atoms with Crippen molar-refractivity contribution >= 4 is 23.3 Å². The number of ether oxygens (including phenoxy) is 3. The lowest BCUT2D eigenvalue weighted by Gasteiger charge is -2.30. The van der Waals surface area contributed by atoms with Crippen molar-refractivity contribution in [3.63, 3.8) is 0 Å². The minimum Gasteiger partial charge on any atom is -0.494 e. The van der Waals surface area contributed by atoms with Crippen LogP contribution in [0.5, 0.6) is 5.75 Å². The number of allylic oxidation sites excluding steroid dienone is 1. The first kappa shape index (κ1) is 22.2. The molecule has 0 unspecified atom stereocenters. The van der Waals surface area contributed by atoms with Crippen molar-refractivity contribution in [1.82, 2.24) is 10.6 Å². The van der Waals surface area contributed by atoms with Crippen molar-refractivity contribution in [2.45, 2.75) is 45.6 Å². The van der Waals surface area contributed by atoms with Gasteiger partial charge in [0.15, 0.2) is 5.11 Å². The molecule has 154 valence electrons. The van der Waals surface area contributed by atoms with Gasteiger partial charge in [0.2, 0.25) is 0 Å². The van der Waals surface area contributed by atoms with Crippen LogP contribution in [0.2, 0.25) is 0 Å². The van der Waals surface area contributed by atoms with Crippen molar-refractivity contribution in [1.29, 1.82) is 0 Å². The predicted octanol–water partition coefficient (Wildman–Crippen LogP) is 3.63. The van der Waals surface area contributed by atoms with Crippen LogP contribution >= 0.6 is 12.2 Å². The average Bonchev–Trinajstić information content (AvgIpc) is 2.68. The van der Waals surface area contributed by atoms with E-state index in [1.165, 1.54) is 19.3 Å². The fourth-order valence-electron chi connectivity index (χ4n) is 2.99. The summed E-state index contributed by atoms with van der Waals surface area (Å²) in [4.78, 5) is 12.6. The van der Waals surface area contributed by atoms with Crippen LogP contribution in [0.15, 0.2) is 35.5 Å². The highest BCUT2D eigenvalue weighted by Gasteiger charge is 2.30. The van der Waals surface area contributed by atoms with Gasteiger partial charge in [0, 0.05) is 12.8 Å². The summed E-state index contributed by atoms with van der Waals surface area (Å²) in [5.41, 5.74) is 2.12. The predicted molar refractivity (Wildman–Crippen MR) is 113 cm³/mol. The standard InChI is InChI=1S/C21H30N2O4S/c1-4-5-6-7-12-26-17-10-8-16(9-11-17)19-18(15(2)22-21(28)23-19)20(24)27-14-13-25-3/h8-11,19H,4-7,12-14H2,1-3H3,(H2,22,23,28)/t19-/m0/s1. The van der Waals surface area contributed by atoms with Crippen LogP contribution < -0.4 is 15.4 Å². The van der Waals surface area contributed by atoms with Gasteiger partial charge < -0.3 is 24.8 Å². The Hall–Kier alpha value is -2.12. The second kappa shape index (κ2) is 11.7. The van der Waals surface area contributed by atoms with Crippen LogP contribution in [0.1, 0.15) is 51.1 Å². The summed E-state index contributed by atoms with van der Waals surface area (Å²) in [7, 11) is 1.57. The molecule has 1 aliphatic heterocycles. The Morgan fingerprint density at radius 2 is 1.86 bits per heavy atom. The Bertz CT molecular complexity index is 688. The molecular weight excluding hydrogens is 376 g/mol. The molecule has 2 N–H and O–H groups in total. The second-order valence-corrected chi connectivity index (χ2v) is 7.09. The zero-order chi connectivity index (χ0) is 20.4. The minimum atomic E-state index is -0.390. The first-order valence-corrected chi connectivity index (χ1v) is 10.1. The number of thiocarbonyl (C=S) groups is 1. The lowest BCUT2D eigenvalue weighted by Crippen LogP contribution is -2.45. The zero-order valence-corrected chi connectivity index (χ0v) is 17.7. The third-order valence-corrected chi connectivity index (χ3v) is 4.71. The van der Waals surface area contributed by atoms with Crippen LogP contribution in [-0.4, -0.2) is 38.0 Å². The molecule has 0 bridgehead atoms. The van der Waals surface area contributed by atoms with Gasteiger partial charge in [-0.15, -0.1) is 0 Å². The maximum absolute atomic E-state index is 12.6. The Labute approximate surface area is 172 Å². The monoisotopic (exact) mass is 406 g/mol. The van der Waals surface area contributed by atoms with Gasteiger partial charge in [-0.1, -0.05) is 38.3 Å². The van der Waals surface area contributed by atoms with E-state index in [9.17, 15) is 4.79 Å². The molecule has 1 aromatic rings. The molecule has 7 heteroatoms. The Kier molecular flexibility index (Phi) is 9.23. The second-order valence-electron chi connectivity index (χ2n) is 6.68. The Morgan fingerprint density at radius 3 is 2.54 bits per heavy atom. The lowest BCUT2D eigenvalue weighted by molar-refractivity contribution is -0.140. The Balaban J connectivity index is 2.06. The quantitative estimate of drug-likeness (QED) is 0.330. The van der Waals surface area contributed by atoms with Gasteiger partial charge >= 0.3 is 5.97 Å². The van der Waals surface area contributed by atoms with Crippen molar-refractivity contribution < 1.29 is 19.0 Å². The molecule has 0 radical (unpaired) electrons. The molecular formula is C21H30N2O4S. The molecule has 0 saturated heterocycles. The normalized spacial score (nSPS) is 16.4. The molecule has 28 heavy (non-hydrogen) atoms. The van der Waals surface area contributed by atoms with Gasteiger partial charge in [-0.25, -0.2) is 4.79 Å². The van der Waals surface area contributed by atoms with Crippen molar-refractivity contribution in [3.8, 4) is 5.75 Å². The maximum atomic E-state index is 12.6. The van der Waals surface area contributed by atoms with Crippen molar-refractivity contribution in [3.05, 3.63) is 41.1 Å². The molecule has 0 aliphatic carbocycles. The zero-order valence-electron chi connectivity index (χ0n) is 16.9. The molecule has 1 atom stereocenters. The summed E-state index contributed by atoms with van der Waals surface area (Å²) >= 11 is 5.27. The molecule has 0 spiro atoms. The highest BCUT2D eigenvalue weighted by atomic mass is 32.1. The van der Waals surface area contributed by atoms with Gasteiger partial charge in [0.25, 0.3) is 0 Å². The lowest BCUT2D eigenvalue weighted by atomic mass is 9.95. The minimum absolute atomic E-state index is 0.202. The number of methoxy groups -OCH3 is 1. The summed E-state index contributed by atoms with van der Waals surface area (Å²) in [6.07, 6.45) is 4.68. The van der Waals surface area contributed by atoms with E-state index in [4.69, 9.17) is 26.4 Å². The molecule has 1 aromatic carbocycles. The largest absolute Gasteiger partial charge is 0.494 e. The van der Waals surface area contributed by atoms with Gasteiger partial charge in [0.1, 0.15) is 12.4 Å². The van der Waals surface area contributed by atoms with Crippen LogP contribution in [0.25, 0.3) is 0 Å². The molecule has 1 aliphatic rings. The molecule has 2 rings (SSSR count). The SMILES string of the molecule is CCCCCCOc1ccc([C@@H]2NC(=S)NC(C)=C2C(=O)OCCOC)cc1. The summed E-state index contributed by atoms with van der Waals surface area (Å²) in [6.45, 7) is 5.28. The van der Waals surface area contributed by atoms with E-state index in [2.05, 4.69) is 17.6 Å². The van der Waals surface area contributed by atoms with Gasteiger partial charge in [-0.2, -0.15) is 0 Å². The van der Waals surface area contributed by atoms with E-state index in [0.717, 1.165) is 17.7 Å². The average molecular weight is 407 g/mol. The third-order valence-electron chi connectivity index (χ3n) is 4.49. The molecule has 0 aromatic heterocycles. The van der Waals surface area contributed by atoms with Gasteiger partial charge in [-0.3, -0.25) is 0 Å². The number of carbonyl (C=O) groups is 1. The highest BCUT2D eigenvalue weighted by Crippen LogP contribution is 2.29. The summed E-state index contributed by atoms with van der Waals surface area (Å²) in [6, 6.07) is 7.36. The summed E-state index contributed by atoms with van der Waals surface area (Å²) in [5, 5.41) is 6.64. The first-order valence-electron chi connectivity index (χ1n) is 9.74. The van der Waals surface area contributed by atoms with Crippen LogP contribution in [0.4, 0.5) is 0 Å². The Morgan fingerprint density at radius 1 is 1.11 bits per heavy atom. The maximum Gasteiger partial charge on any atom is 0.338 e. The number of hydrogen-bond donors (Lipinski definition) is 2. The van der Waals surface area contributed by atoms with Crippen molar-refractivity contribution in [2.75, 3.05) is 26.9 Å². The summed E-state index contributed by atoms with van der Waals surface area (Å²) < 4.78 is 16.1. The fourth-order valence-corrected chi connectivity index (χ4v) is 3.26. The number of rotatable bonds is 11. The molecule has 6 nitrogen and oxygen atoms in total. The van der Waals surface area contributed by atoms with E-state index in [1.54, 1.807) is 7.11 Å². The van der Waals surface area contributed by atoms with Crippen LogP contribution in [0, 0.1) is 0 Å². The number of carbonyl (C=O) groups excluding carboxylic acids is 1. The van der Waals surface area contributed by atoms with Crippen LogP contribution in [0.3, 0.4) is 0 Å². The van der Waals surface area contributed by atoms with E-state index >= 15 is 0 Å². The van der Waals surface area contributed by atoms with E-state index in [-0.39, 0.29) is 12.6 Å². The molecule has 0 amide bonds.